The van der Waals surface area contributed by atoms with Crippen LogP contribution < -0.4 is 5.73 Å². The Labute approximate surface area is 75.1 Å². The summed E-state index contributed by atoms with van der Waals surface area (Å²) < 4.78 is 0. The molecule has 0 amide bonds. The van der Waals surface area contributed by atoms with E-state index in [2.05, 4.69) is 25.7 Å². The van der Waals surface area contributed by atoms with Crippen LogP contribution in [0.5, 0.6) is 0 Å². The molecule has 0 aromatic heterocycles. The minimum absolute atomic E-state index is 0.339. The summed E-state index contributed by atoms with van der Waals surface area (Å²) in [7, 11) is 0. The maximum atomic E-state index is 5.94. The first-order valence-electron chi connectivity index (χ1n) is 4.95. The number of likely N-dealkylation sites (tertiary alicyclic amines) is 1. The number of nitrogens with zero attached hydrogens (tertiary/aromatic N) is 1. The van der Waals surface area contributed by atoms with E-state index in [4.69, 9.17) is 5.73 Å². The Balaban J connectivity index is 2.00. The first-order chi connectivity index (χ1) is 5.44. The highest BCUT2D eigenvalue weighted by atomic mass is 15.2. The van der Waals surface area contributed by atoms with Gasteiger partial charge in [-0.3, -0.25) is 4.90 Å². The van der Waals surface area contributed by atoms with E-state index in [9.17, 15) is 0 Å². The zero-order chi connectivity index (χ0) is 8.98. The molecule has 2 fully saturated rings. The molecule has 1 aliphatic heterocycles. The van der Waals surface area contributed by atoms with Gasteiger partial charge in [0.2, 0.25) is 0 Å². The zero-order valence-corrected chi connectivity index (χ0v) is 8.43. The summed E-state index contributed by atoms with van der Waals surface area (Å²) in [4.78, 5) is 2.57. The van der Waals surface area contributed by atoms with Gasteiger partial charge in [0.15, 0.2) is 0 Å². The lowest BCUT2D eigenvalue weighted by molar-refractivity contribution is 0.165. The third-order valence-electron chi connectivity index (χ3n) is 3.59. The second kappa shape index (κ2) is 2.24. The molecule has 1 spiro atoms. The largest absolute Gasteiger partial charge is 0.327 e. The van der Waals surface area contributed by atoms with Crippen molar-refractivity contribution in [2.24, 2.45) is 11.1 Å². The number of hydrogen-bond acceptors (Lipinski definition) is 2. The molecule has 12 heavy (non-hydrogen) atoms. The standard InChI is InChI=1S/C10H20N2/c1-9(2,3)12-5-4-10(7-12)6-8(10)11/h8H,4-7,11H2,1-3H3/t8-,10?/m0/s1. The Morgan fingerprint density at radius 1 is 1.42 bits per heavy atom. The summed E-state index contributed by atoms with van der Waals surface area (Å²) in [6.45, 7) is 9.36. The highest BCUT2D eigenvalue weighted by molar-refractivity contribution is 5.12. The van der Waals surface area contributed by atoms with Gasteiger partial charge in [0.1, 0.15) is 0 Å². The van der Waals surface area contributed by atoms with E-state index in [1.54, 1.807) is 0 Å². The smallest absolute Gasteiger partial charge is 0.0125 e. The summed E-state index contributed by atoms with van der Waals surface area (Å²) in [5.74, 6) is 0. The zero-order valence-electron chi connectivity index (χ0n) is 8.43. The molecule has 0 aromatic rings. The average Bonchev–Trinajstić information content (AvgIpc) is 2.43. The first-order valence-corrected chi connectivity index (χ1v) is 4.95. The van der Waals surface area contributed by atoms with Crippen molar-refractivity contribution in [3.8, 4) is 0 Å². The van der Waals surface area contributed by atoms with Gasteiger partial charge in [-0.15, -0.1) is 0 Å². The van der Waals surface area contributed by atoms with Gasteiger partial charge in [0.05, 0.1) is 0 Å². The molecule has 2 nitrogen and oxygen atoms in total. The van der Waals surface area contributed by atoms with Crippen molar-refractivity contribution in [2.75, 3.05) is 13.1 Å². The third kappa shape index (κ3) is 1.17. The molecule has 70 valence electrons. The summed E-state index contributed by atoms with van der Waals surface area (Å²) in [6, 6.07) is 0.504. The van der Waals surface area contributed by atoms with Crippen LogP contribution in [-0.4, -0.2) is 29.6 Å². The highest BCUT2D eigenvalue weighted by Crippen LogP contribution is 2.52. The maximum Gasteiger partial charge on any atom is 0.0125 e. The van der Waals surface area contributed by atoms with Gasteiger partial charge in [-0.1, -0.05) is 0 Å². The van der Waals surface area contributed by atoms with Crippen molar-refractivity contribution >= 4 is 0 Å². The van der Waals surface area contributed by atoms with E-state index in [1.165, 1.54) is 25.9 Å². The van der Waals surface area contributed by atoms with Crippen LogP contribution in [0.15, 0.2) is 0 Å². The summed E-state index contributed by atoms with van der Waals surface area (Å²) in [6.07, 6.45) is 2.59. The SMILES string of the molecule is CC(C)(C)N1CCC2(C[C@@H]2N)C1. The van der Waals surface area contributed by atoms with E-state index in [-0.39, 0.29) is 0 Å². The van der Waals surface area contributed by atoms with Crippen molar-refractivity contribution in [1.29, 1.82) is 0 Å². The van der Waals surface area contributed by atoms with Crippen molar-refractivity contribution in [1.82, 2.24) is 4.90 Å². The predicted molar refractivity (Wildman–Crippen MR) is 51.0 cm³/mol. The third-order valence-corrected chi connectivity index (χ3v) is 3.59. The Kier molecular flexibility index (Phi) is 1.59. The normalized spacial score (nSPS) is 42.5. The Hall–Kier alpha value is -0.0800. The monoisotopic (exact) mass is 168 g/mol. The summed E-state index contributed by atoms with van der Waals surface area (Å²) in [5.41, 5.74) is 6.82. The molecular formula is C10H20N2. The van der Waals surface area contributed by atoms with Gasteiger partial charge in [0.25, 0.3) is 0 Å². The molecule has 2 N–H and O–H groups in total. The summed E-state index contributed by atoms with van der Waals surface area (Å²) in [5, 5.41) is 0. The topological polar surface area (TPSA) is 29.3 Å². The molecule has 1 saturated carbocycles. The van der Waals surface area contributed by atoms with Gasteiger partial charge in [-0.05, 0) is 40.2 Å². The average molecular weight is 168 g/mol. The lowest BCUT2D eigenvalue weighted by Crippen LogP contribution is -2.40. The van der Waals surface area contributed by atoms with E-state index in [0.717, 1.165) is 0 Å². The van der Waals surface area contributed by atoms with E-state index in [1.807, 2.05) is 0 Å². The van der Waals surface area contributed by atoms with Crippen molar-refractivity contribution in [3.63, 3.8) is 0 Å². The van der Waals surface area contributed by atoms with Crippen LogP contribution in [0.25, 0.3) is 0 Å². The van der Waals surface area contributed by atoms with Crippen LogP contribution in [0.4, 0.5) is 0 Å². The van der Waals surface area contributed by atoms with E-state index < -0.39 is 0 Å². The molecule has 0 aromatic carbocycles. The Bertz CT molecular complexity index is 195. The molecule has 2 heteroatoms. The lowest BCUT2D eigenvalue weighted by Gasteiger charge is -2.31. The molecule has 2 aliphatic rings. The molecule has 0 radical (unpaired) electrons. The molecule has 2 rings (SSSR count). The van der Waals surface area contributed by atoms with Crippen LogP contribution in [0.3, 0.4) is 0 Å². The number of hydrogen-bond donors (Lipinski definition) is 1. The van der Waals surface area contributed by atoms with Gasteiger partial charge < -0.3 is 5.73 Å². The Morgan fingerprint density at radius 2 is 2.00 bits per heavy atom. The van der Waals surface area contributed by atoms with Crippen LogP contribution in [0.1, 0.15) is 33.6 Å². The second-order valence-corrected chi connectivity index (χ2v) is 5.52. The first kappa shape index (κ1) is 8.52. The van der Waals surface area contributed by atoms with Gasteiger partial charge in [0, 0.05) is 23.5 Å². The van der Waals surface area contributed by atoms with Crippen molar-refractivity contribution in [3.05, 3.63) is 0 Å². The van der Waals surface area contributed by atoms with Gasteiger partial charge >= 0.3 is 0 Å². The van der Waals surface area contributed by atoms with Crippen LogP contribution in [0, 0.1) is 5.41 Å². The molecule has 0 bridgehead atoms. The molecule has 1 saturated heterocycles. The lowest BCUT2D eigenvalue weighted by atomic mass is 10.0. The molecule has 1 aliphatic carbocycles. The highest BCUT2D eigenvalue weighted by Gasteiger charge is 2.56. The molecule has 2 atom stereocenters. The van der Waals surface area contributed by atoms with Crippen LogP contribution >= 0.6 is 0 Å². The van der Waals surface area contributed by atoms with Crippen molar-refractivity contribution in [2.45, 2.75) is 45.2 Å². The summed E-state index contributed by atoms with van der Waals surface area (Å²) >= 11 is 0. The fourth-order valence-corrected chi connectivity index (χ4v) is 2.32. The Morgan fingerprint density at radius 3 is 2.25 bits per heavy atom. The van der Waals surface area contributed by atoms with Gasteiger partial charge in [-0.25, -0.2) is 0 Å². The quantitative estimate of drug-likeness (QED) is 0.589. The molecule has 1 heterocycles. The fraction of sp³-hybridized carbons (Fsp3) is 1.00. The van der Waals surface area contributed by atoms with Crippen LogP contribution in [-0.2, 0) is 0 Å². The predicted octanol–water partition coefficient (Wildman–Crippen LogP) is 1.21. The van der Waals surface area contributed by atoms with Gasteiger partial charge in [-0.2, -0.15) is 0 Å². The van der Waals surface area contributed by atoms with Crippen LogP contribution in [0.2, 0.25) is 0 Å². The minimum Gasteiger partial charge on any atom is -0.327 e. The maximum absolute atomic E-state index is 5.94. The second-order valence-electron chi connectivity index (χ2n) is 5.52. The number of nitrogens with two attached hydrogens (primary N) is 1. The van der Waals surface area contributed by atoms with Crippen molar-refractivity contribution < 1.29 is 0 Å². The fourth-order valence-electron chi connectivity index (χ4n) is 2.32. The van der Waals surface area contributed by atoms with E-state index >= 15 is 0 Å². The number of rotatable bonds is 0. The van der Waals surface area contributed by atoms with E-state index in [0.29, 0.717) is 17.0 Å². The molecule has 1 unspecified atom stereocenters. The molecular weight excluding hydrogens is 148 g/mol. The minimum atomic E-state index is 0.339.